The molecule has 2 aromatic heterocycles. The first-order valence-electron chi connectivity index (χ1n) is 8.41. The molecule has 2 fully saturated rings. The molecule has 1 atom stereocenters. The highest BCUT2D eigenvalue weighted by atomic mass is 16.5. The van der Waals surface area contributed by atoms with Gasteiger partial charge in [0.05, 0.1) is 6.54 Å². The van der Waals surface area contributed by atoms with Crippen molar-refractivity contribution in [2.24, 2.45) is 0 Å². The lowest BCUT2D eigenvalue weighted by Crippen LogP contribution is -2.44. The van der Waals surface area contributed by atoms with Gasteiger partial charge in [0, 0.05) is 30.8 Å². The molecule has 7 heteroatoms. The molecule has 0 spiro atoms. The van der Waals surface area contributed by atoms with Crippen LogP contribution in [0.25, 0.3) is 0 Å². The zero-order chi connectivity index (χ0) is 16.5. The molecule has 1 unspecified atom stereocenters. The van der Waals surface area contributed by atoms with Crippen LogP contribution in [0.4, 0.5) is 0 Å². The topological polar surface area (TPSA) is 81.4 Å². The van der Waals surface area contributed by atoms with E-state index in [9.17, 15) is 4.79 Å². The van der Waals surface area contributed by atoms with E-state index in [0.717, 1.165) is 31.4 Å². The van der Waals surface area contributed by atoms with Gasteiger partial charge in [-0.2, -0.15) is 4.98 Å². The predicted molar refractivity (Wildman–Crippen MR) is 84.8 cm³/mol. The molecule has 4 rings (SSSR count). The van der Waals surface area contributed by atoms with Crippen molar-refractivity contribution in [3.8, 4) is 5.88 Å². The van der Waals surface area contributed by atoms with Gasteiger partial charge in [-0.15, -0.1) is 0 Å². The SMILES string of the molecule is Cc1nccc(OC2CCCN(C(=O)c3cc(C4CC4)on3)C2)n1. The second kappa shape index (κ2) is 6.22. The maximum atomic E-state index is 12.6. The number of rotatable bonds is 4. The number of piperidine rings is 1. The maximum Gasteiger partial charge on any atom is 0.276 e. The van der Waals surface area contributed by atoms with E-state index in [1.54, 1.807) is 23.2 Å². The lowest BCUT2D eigenvalue weighted by atomic mass is 10.1. The van der Waals surface area contributed by atoms with Crippen molar-refractivity contribution < 1.29 is 14.1 Å². The highest BCUT2D eigenvalue weighted by Gasteiger charge is 2.31. The molecular weight excluding hydrogens is 308 g/mol. The first-order valence-corrected chi connectivity index (χ1v) is 8.41. The van der Waals surface area contributed by atoms with Crippen molar-refractivity contribution in [1.82, 2.24) is 20.0 Å². The van der Waals surface area contributed by atoms with Gasteiger partial charge in [0.2, 0.25) is 5.88 Å². The average Bonchev–Trinajstić information content (AvgIpc) is 3.32. The normalized spacial score (nSPS) is 20.9. The van der Waals surface area contributed by atoms with Crippen molar-refractivity contribution in [3.63, 3.8) is 0 Å². The molecule has 1 saturated carbocycles. The van der Waals surface area contributed by atoms with Crippen LogP contribution in [0.2, 0.25) is 0 Å². The fourth-order valence-electron chi connectivity index (χ4n) is 3.00. The van der Waals surface area contributed by atoms with Crippen molar-refractivity contribution in [1.29, 1.82) is 0 Å². The fourth-order valence-corrected chi connectivity index (χ4v) is 3.00. The molecule has 0 bridgehead atoms. The highest BCUT2D eigenvalue weighted by molar-refractivity contribution is 5.92. The van der Waals surface area contributed by atoms with Gasteiger partial charge in [0.1, 0.15) is 17.7 Å². The molecule has 1 saturated heterocycles. The fraction of sp³-hybridized carbons (Fsp3) is 0.529. The van der Waals surface area contributed by atoms with E-state index in [2.05, 4.69) is 15.1 Å². The summed E-state index contributed by atoms with van der Waals surface area (Å²) in [5.41, 5.74) is 0.399. The van der Waals surface area contributed by atoms with Crippen LogP contribution in [0.1, 0.15) is 53.7 Å². The molecule has 0 aromatic carbocycles. The first-order chi connectivity index (χ1) is 11.7. The van der Waals surface area contributed by atoms with E-state index in [4.69, 9.17) is 9.26 Å². The number of aryl methyl sites for hydroxylation is 1. The second-order valence-electron chi connectivity index (χ2n) is 6.46. The lowest BCUT2D eigenvalue weighted by molar-refractivity contribution is 0.0518. The van der Waals surface area contributed by atoms with Crippen molar-refractivity contribution >= 4 is 5.91 Å². The summed E-state index contributed by atoms with van der Waals surface area (Å²) in [7, 11) is 0. The molecule has 24 heavy (non-hydrogen) atoms. The van der Waals surface area contributed by atoms with Crippen LogP contribution in [0.5, 0.6) is 5.88 Å². The second-order valence-corrected chi connectivity index (χ2v) is 6.46. The molecule has 7 nitrogen and oxygen atoms in total. The Morgan fingerprint density at radius 3 is 3.04 bits per heavy atom. The maximum absolute atomic E-state index is 12.6. The molecule has 1 amide bonds. The van der Waals surface area contributed by atoms with Gasteiger partial charge in [-0.3, -0.25) is 4.79 Å². The van der Waals surface area contributed by atoms with Gasteiger partial charge in [-0.25, -0.2) is 4.98 Å². The van der Waals surface area contributed by atoms with Crippen LogP contribution in [0, 0.1) is 6.92 Å². The minimum atomic E-state index is -0.0854. The number of nitrogens with zero attached hydrogens (tertiary/aromatic N) is 4. The quantitative estimate of drug-likeness (QED) is 0.857. The zero-order valence-electron chi connectivity index (χ0n) is 13.6. The summed E-state index contributed by atoms with van der Waals surface area (Å²) in [5.74, 6) is 2.43. The van der Waals surface area contributed by atoms with Crippen molar-refractivity contribution in [2.45, 2.75) is 44.6 Å². The van der Waals surface area contributed by atoms with Crippen LogP contribution >= 0.6 is 0 Å². The smallest absolute Gasteiger partial charge is 0.276 e. The van der Waals surface area contributed by atoms with Gasteiger partial charge in [-0.1, -0.05) is 5.16 Å². The number of likely N-dealkylation sites (tertiary alicyclic amines) is 1. The van der Waals surface area contributed by atoms with E-state index in [1.807, 2.05) is 6.92 Å². The monoisotopic (exact) mass is 328 g/mol. The Labute approximate surface area is 140 Å². The summed E-state index contributed by atoms with van der Waals surface area (Å²) >= 11 is 0. The van der Waals surface area contributed by atoms with Crippen LogP contribution in [-0.4, -0.2) is 45.1 Å². The number of aromatic nitrogens is 3. The Bertz CT molecular complexity index is 741. The summed E-state index contributed by atoms with van der Waals surface area (Å²) in [6.07, 6.45) is 5.67. The molecule has 2 aromatic rings. The van der Waals surface area contributed by atoms with E-state index in [0.29, 0.717) is 36.4 Å². The third-order valence-corrected chi connectivity index (χ3v) is 4.43. The van der Waals surface area contributed by atoms with Gasteiger partial charge >= 0.3 is 0 Å². The standard InChI is InChI=1S/C17H20N4O3/c1-11-18-7-6-16(19-11)23-13-3-2-8-21(10-13)17(22)14-9-15(24-20-14)12-4-5-12/h6-7,9,12-13H,2-5,8,10H2,1H3. The largest absolute Gasteiger partial charge is 0.472 e. The minimum Gasteiger partial charge on any atom is -0.472 e. The van der Waals surface area contributed by atoms with E-state index >= 15 is 0 Å². The molecule has 1 aliphatic carbocycles. The van der Waals surface area contributed by atoms with Crippen LogP contribution in [0.3, 0.4) is 0 Å². The first kappa shape index (κ1) is 15.1. The van der Waals surface area contributed by atoms with Crippen molar-refractivity contribution in [3.05, 3.63) is 35.6 Å². The van der Waals surface area contributed by atoms with Gasteiger partial charge < -0.3 is 14.2 Å². The predicted octanol–water partition coefficient (Wildman–Crippen LogP) is 2.33. The van der Waals surface area contributed by atoms with Crippen molar-refractivity contribution in [2.75, 3.05) is 13.1 Å². The lowest BCUT2D eigenvalue weighted by Gasteiger charge is -2.32. The van der Waals surface area contributed by atoms with Crippen LogP contribution in [0.15, 0.2) is 22.9 Å². The number of amides is 1. The molecule has 126 valence electrons. The Morgan fingerprint density at radius 2 is 2.25 bits per heavy atom. The summed E-state index contributed by atoms with van der Waals surface area (Å²) in [4.78, 5) is 22.7. The van der Waals surface area contributed by atoms with Crippen LogP contribution in [-0.2, 0) is 0 Å². The Kier molecular flexibility index (Phi) is 3.92. The van der Waals surface area contributed by atoms with Gasteiger partial charge in [0.25, 0.3) is 5.91 Å². The summed E-state index contributed by atoms with van der Waals surface area (Å²) < 4.78 is 11.2. The number of carbonyl (C=O) groups excluding carboxylic acids is 1. The number of carbonyl (C=O) groups is 1. The Balaban J connectivity index is 1.40. The minimum absolute atomic E-state index is 0.0631. The highest BCUT2D eigenvalue weighted by Crippen LogP contribution is 2.40. The Morgan fingerprint density at radius 1 is 1.38 bits per heavy atom. The number of hydrogen-bond acceptors (Lipinski definition) is 6. The Hall–Kier alpha value is -2.44. The molecule has 1 aliphatic heterocycles. The average molecular weight is 328 g/mol. The summed E-state index contributed by atoms with van der Waals surface area (Å²) in [6.45, 7) is 3.08. The van der Waals surface area contributed by atoms with E-state index < -0.39 is 0 Å². The third-order valence-electron chi connectivity index (χ3n) is 4.43. The number of hydrogen-bond donors (Lipinski definition) is 0. The molecular formula is C17H20N4O3. The third kappa shape index (κ3) is 3.25. The molecule has 0 N–H and O–H groups in total. The number of ether oxygens (including phenoxy) is 1. The van der Waals surface area contributed by atoms with E-state index in [-0.39, 0.29) is 12.0 Å². The molecule has 3 heterocycles. The summed E-state index contributed by atoms with van der Waals surface area (Å²) in [5, 5.41) is 3.95. The molecule has 2 aliphatic rings. The van der Waals surface area contributed by atoms with E-state index in [1.165, 1.54) is 0 Å². The summed E-state index contributed by atoms with van der Waals surface area (Å²) in [6, 6.07) is 3.53. The van der Waals surface area contributed by atoms with Gasteiger partial charge in [-0.05, 0) is 32.6 Å². The van der Waals surface area contributed by atoms with Crippen LogP contribution < -0.4 is 4.74 Å². The zero-order valence-corrected chi connectivity index (χ0v) is 13.6. The van der Waals surface area contributed by atoms with Gasteiger partial charge in [0.15, 0.2) is 5.69 Å². The molecule has 0 radical (unpaired) electrons.